The van der Waals surface area contributed by atoms with Gasteiger partial charge in [0.2, 0.25) is 0 Å². The number of pyridine rings is 3. The maximum Gasteiger partial charge on any atom is 0.138 e. The molecule has 56 heavy (non-hydrogen) atoms. The van der Waals surface area contributed by atoms with Gasteiger partial charge in [-0.2, -0.15) is 0 Å². The van der Waals surface area contributed by atoms with Crippen LogP contribution in [0.15, 0.2) is 200 Å². The quantitative estimate of drug-likeness (QED) is 0.172. The van der Waals surface area contributed by atoms with Crippen molar-refractivity contribution in [2.24, 2.45) is 0 Å². The molecular weight excluding hydrogens is 683 g/mol. The smallest absolute Gasteiger partial charge is 0.138 e. The number of fused-ring (bicyclic) bond motifs is 7. The Bertz CT molecular complexity index is 3030. The first-order valence-electron chi connectivity index (χ1n) is 18.9. The van der Waals surface area contributed by atoms with Gasteiger partial charge in [0.25, 0.3) is 0 Å². The Balaban J connectivity index is 1.09. The van der Waals surface area contributed by atoms with E-state index in [1.54, 1.807) is 0 Å². The predicted molar refractivity (Wildman–Crippen MR) is 230 cm³/mol. The molecular formula is C51H33N5. The van der Waals surface area contributed by atoms with Gasteiger partial charge in [0.15, 0.2) is 0 Å². The zero-order valence-corrected chi connectivity index (χ0v) is 30.3. The highest BCUT2D eigenvalue weighted by Gasteiger charge is 2.21. The van der Waals surface area contributed by atoms with E-state index in [-0.39, 0.29) is 0 Å². The van der Waals surface area contributed by atoms with Crippen molar-refractivity contribution in [3.63, 3.8) is 0 Å². The van der Waals surface area contributed by atoms with E-state index >= 15 is 0 Å². The van der Waals surface area contributed by atoms with Gasteiger partial charge in [0.05, 0.1) is 44.8 Å². The van der Waals surface area contributed by atoms with Crippen LogP contribution in [0, 0.1) is 0 Å². The molecule has 0 saturated heterocycles. The van der Waals surface area contributed by atoms with Gasteiger partial charge in [-0.25, -0.2) is 15.0 Å². The number of nitrogens with zero attached hydrogens (tertiary/aromatic N) is 5. The van der Waals surface area contributed by atoms with Crippen molar-refractivity contribution in [3.8, 4) is 56.7 Å². The fraction of sp³-hybridized carbons (Fsp3) is 0. The van der Waals surface area contributed by atoms with E-state index in [0.717, 1.165) is 67.6 Å². The minimum atomic E-state index is 0.823. The standard InChI is InChI=1S/C51H33N5/c1-3-15-34(16-4-1)36-19-11-20-37(33-36)41-24-13-29-48(53-41)55-44-27-9-7-21-38(44)50-46(55)31-32-47-51(50)39-22-8-10-28-45(39)56(47)49-30-14-26-43(54-49)42-25-12-23-40(52-42)35-17-5-2-6-18-35/h1-33H. The van der Waals surface area contributed by atoms with Crippen LogP contribution in [-0.2, 0) is 0 Å². The maximum absolute atomic E-state index is 5.32. The fourth-order valence-electron chi connectivity index (χ4n) is 8.25. The molecule has 5 heteroatoms. The first-order chi connectivity index (χ1) is 27.8. The zero-order chi connectivity index (χ0) is 37.0. The molecule has 5 nitrogen and oxygen atoms in total. The van der Waals surface area contributed by atoms with Gasteiger partial charge in [0, 0.05) is 32.7 Å². The van der Waals surface area contributed by atoms with Crippen LogP contribution >= 0.6 is 0 Å². The van der Waals surface area contributed by atoms with Crippen molar-refractivity contribution >= 4 is 43.6 Å². The maximum atomic E-state index is 5.32. The van der Waals surface area contributed by atoms with Crippen molar-refractivity contribution in [2.75, 3.05) is 0 Å². The summed E-state index contributed by atoms with van der Waals surface area (Å²) < 4.78 is 4.60. The molecule has 11 rings (SSSR count). The van der Waals surface area contributed by atoms with Gasteiger partial charge < -0.3 is 0 Å². The fourth-order valence-corrected chi connectivity index (χ4v) is 8.25. The van der Waals surface area contributed by atoms with Gasteiger partial charge in [0.1, 0.15) is 11.6 Å². The Morgan fingerprint density at radius 3 is 1.32 bits per heavy atom. The number of para-hydroxylation sites is 2. The number of hydrogen-bond donors (Lipinski definition) is 0. The predicted octanol–water partition coefficient (Wildman–Crippen LogP) is 12.7. The summed E-state index contributed by atoms with van der Waals surface area (Å²) in [7, 11) is 0. The van der Waals surface area contributed by atoms with Crippen LogP contribution < -0.4 is 0 Å². The summed E-state index contributed by atoms with van der Waals surface area (Å²) in [5, 5.41) is 4.74. The van der Waals surface area contributed by atoms with Crippen LogP contribution in [0.4, 0.5) is 0 Å². The lowest BCUT2D eigenvalue weighted by Crippen LogP contribution is -2.00. The summed E-state index contributed by atoms with van der Waals surface area (Å²) in [6.07, 6.45) is 0. The number of hydrogen-bond acceptors (Lipinski definition) is 3. The Hall–Kier alpha value is -7.63. The van der Waals surface area contributed by atoms with Crippen LogP contribution in [0.3, 0.4) is 0 Å². The molecule has 5 heterocycles. The van der Waals surface area contributed by atoms with Gasteiger partial charge in [-0.3, -0.25) is 9.13 Å². The van der Waals surface area contributed by atoms with Crippen LogP contribution in [0.1, 0.15) is 0 Å². The average molecular weight is 716 g/mol. The minimum Gasteiger partial charge on any atom is -0.294 e. The summed E-state index contributed by atoms with van der Waals surface area (Å²) in [6.45, 7) is 0. The largest absolute Gasteiger partial charge is 0.294 e. The van der Waals surface area contributed by atoms with E-state index in [4.69, 9.17) is 15.0 Å². The molecule has 0 aliphatic carbocycles. The number of aromatic nitrogens is 5. The van der Waals surface area contributed by atoms with E-state index < -0.39 is 0 Å². The van der Waals surface area contributed by atoms with Gasteiger partial charge >= 0.3 is 0 Å². The third-order valence-corrected chi connectivity index (χ3v) is 10.7. The molecule has 5 aromatic heterocycles. The summed E-state index contributed by atoms with van der Waals surface area (Å²) in [4.78, 5) is 15.6. The highest BCUT2D eigenvalue weighted by atomic mass is 15.1. The molecule has 6 aromatic carbocycles. The van der Waals surface area contributed by atoms with Crippen LogP contribution in [0.25, 0.3) is 100 Å². The van der Waals surface area contributed by atoms with Crippen molar-refractivity contribution in [1.29, 1.82) is 0 Å². The lowest BCUT2D eigenvalue weighted by Gasteiger charge is -2.11. The Kier molecular flexibility index (Phi) is 7.42. The molecule has 0 radical (unpaired) electrons. The second-order valence-electron chi connectivity index (χ2n) is 14.0. The van der Waals surface area contributed by atoms with E-state index in [1.807, 2.05) is 36.4 Å². The lowest BCUT2D eigenvalue weighted by atomic mass is 10.0. The zero-order valence-electron chi connectivity index (χ0n) is 30.3. The SMILES string of the molecule is c1ccc(-c2cccc(-c3cccc(-n4c5ccccc5c5c6c7ccccc7n(-c7cccc(-c8cccc(-c9ccccc9)n8)n7)c6ccc54)n3)c2)cc1. The van der Waals surface area contributed by atoms with Crippen molar-refractivity contribution < 1.29 is 0 Å². The Labute approximate surface area is 323 Å². The van der Waals surface area contributed by atoms with E-state index in [2.05, 4.69) is 173 Å². The molecule has 0 bridgehead atoms. The average Bonchev–Trinajstić information content (AvgIpc) is 3.80. The Morgan fingerprint density at radius 1 is 0.268 bits per heavy atom. The summed E-state index contributed by atoms with van der Waals surface area (Å²) in [6, 6.07) is 69.9. The third-order valence-electron chi connectivity index (χ3n) is 10.7. The molecule has 0 aliphatic rings. The molecule has 0 fully saturated rings. The van der Waals surface area contributed by atoms with Crippen LogP contribution in [-0.4, -0.2) is 24.1 Å². The van der Waals surface area contributed by atoms with Gasteiger partial charge in [-0.05, 0) is 77.9 Å². The molecule has 0 atom stereocenters. The monoisotopic (exact) mass is 715 g/mol. The third kappa shape index (κ3) is 5.21. The summed E-state index contributed by atoms with van der Waals surface area (Å²) in [5.41, 5.74) is 12.4. The first-order valence-corrected chi connectivity index (χ1v) is 18.9. The first kappa shape index (κ1) is 31.9. The normalized spacial score (nSPS) is 11.6. The summed E-state index contributed by atoms with van der Waals surface area (Å²) in [5.74, 6) is 1.72. The highest BCUT2D eigenvalue weighted by Crippen LogP contribution is 2.42. The second kappa shape index (κ2) is 13.0. The van der Waals surface area contributed by atoms with E-state index in [9.17, 15) is 0 Å². The Morgan fingerprint density at radius 2 is 0.696 bits per heavy atom. The van der Waals surface area contributed by atoms with Crippen LogP contribution in [0.2, 0.25) is 0 Å². The lowest BCUT2D eigenvalue weighted by molar-refractivity contribution is 1.07. The molecule has 0 aliphatic heterocycles. The van der Waals surface area contributed by atoms with Gasteiger partial charge in [-0.1, -0.05) is 133 Å². The molecule has 0 amide bonds. The van der Waals surface area contributed by atoms with Crippen LogP contribution in [0.5, 0.6) is 0 Å². The van der Waals surface area contributed by atoms with Crippen molar-refractivity contribution in [3.05, 3.63) is 200 Å². The molecule has 0 unspecified atom stereocenters. The van der Waals surface area contributed by atoms with E-state index in [1.165, 1.54) is 32.7 Å². The molecule has 11 aromatic rings. The number of rotatable bonds is 6. The molecule has 0 spiro atoms. The second-order valence-corrected chi connectivity index (χ2v) is 14.0. The summed E-state index contributed by atoms with van der Waals surface area (Å²) >= 11 is 0. The minimum absolute atomic E-state index is 0.823. The van der Waals surface area contributed by atoms with Crippen molar-refractivity contribution in [2.45, 2.75) is 0 Å². The van der Waals surface area contributed by atoms with Crippen molar-refractivity contribution in [1.82, 2.24) is 24.1 Å². The topological polar surface area (TPSA) is 48.5 Å². The highest BCUT2D eigenvalue weighted by molar-refractivity contribution is 6.28. The van der Waals surface area contributed by atoms with E-state index in [0.29, 0.717) is 0 Å². The molecule has 0 N–H and O–H groups in total. The molecule has 262 valence electrons. The van der Waals surface area contributed by atoms with Gasteiger partial charge in [-0.15, -0.1) is 0 Å². The number of benzene rings is 6. The molecule has 0 saturated carbocycles.